The van der Waals surface area contributed by atoms with Crippen molar-refractivity contribution in [2.24, 2.45) is 5.92 Å². The number of hydrogen-bond acceptors (Lipinski definition) is 3. The summed E-state index contributed by atoms with van der Waals surface area (Å²) < 4.78 is 19.2. The summed E-state index contributed by atoms with van der Waals surface area (Å²) in [5, 5.41) is 3.14. The van der Waals surface area contributed by atoms with Gasteiger partial charge in [-0.2, -0.15) is 0 Å². The van der Waals surface area contributed by atoms with Crippen molar-refractivity contribution in [1.29, 1.82) is 0 Å². The van der Waals surface area contributed by atoms with Crippen molar-refractivity contribution in [2.45, 2.75) is 25.9 Å². The van der Waals surface area contributed by atoms with Crippen LogP contribution in [-0.4, -0.2) is 43.6 Å². The number of rotatable bonds is 6. The molecular formula is C16H23FN2O2. The van der Waals surface area contributed by atoms with Gasteiger partial charge in [0.05, 0.1) is 0 Å². The number of nitrogens with zero attached hydrogens (tertiary/aromatic N) is 1. The third kappa shape index (κ3) is 3.94. The zero-order valence-corrected chi connectivity index (χ0v) is 12.6. The molecular weight excluding hydrogens is 271 g/mol. The van der Waals surface area contributed by atoms with Crippen molar-refractivity contribution in [3.63, 3.8) is 0 Å². The lowest BCUT2D eigenvalue weighted by Gasteiger charge is -2.23. The topological polar surface area (TPSA) is 41.6 Å². The van der Waals surface area contributed by atoms with Gasteiger partial charge in [-0.15, -0.1) is 0 Å². The summed E-state index contributed by atoms with van der Waals surface area (Å²) in [5.41, 5.74) is 0. The number of ether oxygens (including phenoxy) is 1. The third-order valence-corrected chi connectivity index (χ3v) is 3.84. The molecule has 4 nitrogen and oxygen atoms in total. The summed E-state index contributed by atoms with van der Waals surface area (Å²) in [6.45, 7) is 4.29. The number of hydrogen-bond donors (Lipinski definition) is 1. The van der Waals surface area contributed by atoms with E-state index in [1.807, 2.05) is 18.9 Å². The minimum absolute atomic E-state index is 0.0423. The molecule has 1 aromatic carbocycles. The highest BCUT2D eigenvalue weighted by Crippen LogP contribution is 2.21. The van der Waals surface area contributed by atoms with Gasteiger partial charge in [0.15, 0.2) is 17.7 Å². The minimum atomic E-state index is -0.616. The molecule has 1 aromatic rings. The molecule has 1 N–H and O–H groups in total. The van der Waals surface area contributed by atoms with Crippen molar-refractivity contribution in [1.82, 2.24) is 10.2 Å². The number of likely N-dealkylation sites (tertiary alicyclic amines) is 1. The molecule has 0 bridgehead atoms. The number of carbonyl (C=O) groups excluding carboxylic acids is 1. The van der Waals surface area contributed by atoms with Gasteiger partial charge in [-0.3, -0.25) is 4.79 Å². The molecule has 1 amide bonds. The van der Waals surface area contributed by atoms with E-state index in [0.29, 0.717) is 12.3 Å². The first-order chi connectivity index (χ1) is 10.2. The Morgan fingerprint density at radius 1 is 1.52 bits per heavy atom. The van der Waals surface area contributed by atoms with E-state index in [9.17, 15) is 9.18 Å². The molecule has 0 spiro atoms. The maximum Gasteiger partial charge on any atom is 0.263 e. The summed E-state index contributed by atoms with van der Waals surface area (Å²) >= 11 is 0. The van der Waals surface area contributed by atoms with Crippen LogP contribution in [-0.2, 0) is 4.79 Å². The van der Waals surface area contributed by atoms with Crippen LogP contribution in [0.4, 0.5) is 4.39 Å². The lowest BCUT2D eigenvalue weighted by molar-refractivity contribution is -0.138. The van der Waals surface area contributed by atoms with E-state index in [-0.39, 0.29) is 11.7 Å². The summed E-state index contributed by atoms with van der Waals surface area (Å²) in [6.07, 6.45) is 0.915. The number of carbonyl (C=O) groups is 1. The Balaban J connectivity index is 1.98. The number of amides is 1. The quantitative estimate of drug-likeness (QED) is 0.873. The normalized spacial score (nSPS) is 19.6. The molecule has 2 unspecified atom stereocenters. The second kappa shape index (κ2) is 7.41. The van der Waals surface area contributed by atoms with Crippen LogP contribution in [0.25, 0.3) is 0 Å². The Morgan fingerprint density at radius 3 is 2.95 bits per heavy atom. The fraction of sp³-hybridized carbons (Fsp3) is 0.562. The molecule has 0 aliphatic carbocycles. The van der Waals surface area contributed by atoms with Crippen LogP contribution in [0, 0.1) is 11.7 Å². The average Bonchev–Trinajstić information content (AvgIpc) is 2.95. The zero-order chi connectivity index (χ0) is 15.2. The minimum Gasteiger partial charge on any atom is -0.478 e. The molecule has 1 fully saturated rings. The summed E-state index contributed by atoms with van der Waals surface area (Å²) in [4.78, 5) is 14.3. The predicted octanol–water partition coefficient (Wildman–Crippen LogP) is 2.05. The molecule has 1 aliphatic heterocycles. The molecule has 1 saturated heterocycles. The number of nitrogens with one attached hydrogen (secondary N) is 1. The van der Waals surface area contributed by atoms with Gasteiger partial charge in [0.2, 0.25) is 0 Å². The average molecular weight is 294 g/mol. The molecule has 0 radical (unpaired) electrons. The van der Waals surface area contributed by atoms with Crippen molar-refractivity contribution in [3.8, 4) is 5.75 Å². The van der Waals surface area contributed by atoms with Crippen LogP contribution >= 0.6 is 0 Å². The lowest BCUT2D eigenvalue weighted by Crippen LogP contribution is -2.41. The van der Waals surface area contributed by atoms with Crippen LogP contribution in [0.15, 0.2) is 24.3 Å². The monoisotopic (exact) mass is 294 g/mol. The molecule has 0 saturated carbocycles. The first kappa shape index (κ1) is 15.8. The molecule has 1 heterocycles. The Bertz CT molecular complexity index is 481. The summed E-state index contributed by atoms with van der Waals surface area (Å²) in [7, 11) is 1.92. The van der Waals surface area contributed by atoms with Gasteiger partial charge >= 0.3 is 0 Å². The summed E-state index contributed by atoms with van der Waals surface area (Å²) in [5.74, 6) is 0.158. The number of para-hydroxylation sites is 1. The fourth-order valence-electron chi connectivity index (χ4n) is 2.69. The van der Waals surface area contributed by atoms with E-state index in [1.54, 1.807) is 18.2 Å². The molecule has 116 valence electrons. The van der Waals surface area contributed by atoms with E-state index in [1.165, 1.54) is 6.07 Å². The van der Waals surface area contributed by atoms with Crippen molar-refractivity contribution in [2.75, 3.05) is 26.7 Å². The van der Waals surface area contributed by atoms with Gasteiger partial charge < -0.3 is 15.0 Å². The second-order valence-electron chi connectivity index (χ2n) is 5.44. The molecule has 5 heteroatoms. The molecule has 0 aromatic heterocycles. The first-order valence-corrected chi connectivity index (χ1v) is 7.50. The van der Waals surface area contributed by atoms with Gasteiger partial charge in [-0.05, 0) is 44.5 Å². The van der Waals surface area contributed by atoms with Crippen molar-refractivity contribution < 1.29 is 13.9 Å². The number of halogens is 1. The van der Waals surface area contributed by atoms with E-state index < -0.39 is 11.9 Å². The van der Waals surface area contributed by atoms with Crippen LogP contribution < -0.4 is 10.1 Å². The van der Waals surface area contributed by atoms with Gasteiger partial charge in [0.25, 0.3) is 5.91 Å². The zero-order valence-electron chi connectivity index (χ0n) is 12.6. The van der Waals surface area contributed by atoms with Gasteiger partial charge in [0.1, 0.15) is 0 Å². The molecule has 2 rings (SSSR count). The molecule has 1 aliphatic rings. The highest BCUT2D eigenvalue weighted by atomic mass is 19.1. The Morgan fingerprint density at radius 2 is 2.29 bits per heavy atom. The van der Waals surface area contributed by atoms with Gasteiger partial charge in [-0.1, -0.05) is 19.1 Å². The van der Waals surface area contributed by atoms with Gasteiger partial charge in [0, 0.05) is 13.1 Å². The van der Waals surface area contributed by atoms with Crippen LogP contribution in [0.5, 0.6) is 5.75 Å². The summed E-state index contributed by atoms with van der Waals surface area (Å²) in [6, 6.07) is 6.20. The SMILES string of the molecule is CCC(Oc1ccccc1F)C(=O)N1CCC(CNC)C1. The number of benzene rings is 1. The van der Waals surface area contributed by atoms with Crippen LogP contribution in [0.2, 0.25) is 0 Å². The standard InChI is InChI=1S/C16H23FN2O2/c1-3-14(21-15-7-5-4-6-13(15)17)16(20)19-9-8-12(11-19)10-18-2/h4-7,12,14,18H,3,8-11H2,1-2H3. The third-order valence-electron chi connectivity index (χ3n) is 3.84. The fourth-order valence-corrected chi connectivity index (χ4v) is 2.69. The van der Waals surface area contributed by atoms with E-state index in [2.05, 4.69) is 5.32 Å². The van der Waals surface area contributed by atoms with Crippen molar-refractivity contribution >= 4 is 5.91 Å². The van der Waals surface area contributed by atoms with E-state index in [0.717, 1.165) is 26.1 Å². The Labute approximate surface area is 125 Å². The smallest absolute Gasteiger partial charge is 0.263 e. The molecule has 2 atom stereocenters. The maximum absolute atomic E-state index is 13.6. The largest absolute Gasteiger partial charge is 0.478 e. The van der Waals surface area contributed by atoms with E-state index >= 15 is 0 Å². The van der Waals surface area contributed by atoms with Crippen LogP contribution in [0.3, 0.4) is 0 Å². The lowest BCUT2D eigenvalue weighted by atomic mass is 10.1. The predicted molar refractivity (Wildman–Crippen MR) is 79.7 cm³/mol. The van der Waals surface area contributed by atoms with E-state index in [4.69, 9.17) is 4.74 Å². The maximum atomic E-state index is 13.6. The van der Waals surface area contributed by atoms with Crippen molar-refractivity contribution in [3.05, 3.63) is 30.1 Å². The van der Waals surface area contributed by atoms with Crippen LogP contribution in [0.1, 0.15) is 19.8 Å². The van der Waals surface area contributed by atoms with Gasteiger partial charge in [-0.25, -0.2) is 4.39 Å². The Hall–Kier alpha value is -1.62. The molecule has 21 heavy (non-hydrogen) atoms. The first-order valence-electron chi connectivity index (χ1n) is 7.50. The Kier molecular flexibility index (Phi) is 5.56. The highest BCUT2D eigenvalue weighted by Gasteiger charge is 2.31. The second-order valence-corrected chi connectivity index (χ2v) is 5.44. The highest BCUT2D eigenvalue weighted by molar-refractivity contribution is 5.81.